The molecule has 0 saturated carbocycles. The Balaban J connectivity index is 2.23. The lowest BCUT2D eigenvalue weighted by Gasteiger charge is -2.04. The van der Waals surface area contributed by atoms with Crippen LogP contribution in [-0.2, 0) is 13.6 Å². The molecule has 0 aromatic carbocycles. The molecule has 0 saturated heterocycles. The number of carbonyl (C=O) groups excluding carboxylic acids is 1. The predicted octanol–water partition coefficient (Wildman–Crippen LogP) is 0.629. The van der Waals surface area contributed by atoms with E-state index in [2.05, 4.69) is 15.7 Å². The van der Waals surface area contributed by atoms with E-state index in [0.29, 0.717) is 13.1 Å². The SMILES string of the molecule is CCCNC(=O)NCc1ccn(C)n1. The fraction of sp³-hybridized carbons (Fsp3) is 0.556. The number of nitrogens with one attached hydrogen (secondary N) is 2. The van der Waals surface area contributed by atoms with Crippen LogP contribution >= 0.6 is 0 Å². The van der Waals surface area contributed by atoms with Crippen LogP contribution in [0.4, 0.5) is 4.79 Å². The van der Waals surface area contributed by atoms with Gasteiger partial charge in [-0.25, -0.2) is 4.79 Å². The largest absolute Gasteiger partial charge is 0.338 e. The van der Waals surface area contributed by atoms with Gasteiger partial charge in [-0.2, -0.15) is 5.10 Å². The lowest BCUT2D eigenvalue weighted by molar-refractivity contribution is 0.240. The molecule has 0 bridgehead atoms. The smallest absolute Gasteiger partial charge is 0.315 e. The van der Waals surface area contributed by atoms with Crippen LogP contribution in [0.15, 0.2) is 12.3 Å². The Morgan fingerprint density at radius 3 is 2.93 bits per heavy atom. The predicted molar refractivity (Wildman–Crippen MR) is 53.7 cm³/mol. The van der Waals surface area contributed by atoms with Crippen molar-refractivity contribution in [2.45, 2.75) is 19.9 Å². The molecule has 0 fully saturated rings. The van der Waals surface area contributed by atoms with Crippen molar-refractivity contribution in [2.75, 3.05) is 6.54 Å². The first-order chi connectivity index (χ1) is 6.72. The molecule has 0 spiro atoms. The molecule has 0 aliphatic heterocycles. The van der Waals surface area contributed by atoms with Gasteiger partial charge in [-0.1, -0.05) is 6.92 Å². The highest BCUT2D eigenvalue weighted by Crippen LogP contribution is 1.92. The molecule has 0 atom stereocenters. The van der Waals surface area contributed by atoms with E-state index in [4.69, 9.17) is 0 Å². The monoisotopic (exact) mass is 196 g/mol. The van der Waals surface area contributed by atoms with Crippen molar-refractivity contribution in [3.8, 4) is 0 Å². The number of amides is 2. The van der Waals surface area contributed by atoms with Gasteiger partial charge in [0.2, 0.25) is 0 Å². The number of aromatic nitrogens is 2. The maximum absolute atomic E-state index is 11.1. The van der Waals surface area contributed by atoms with Crippen molar-refractivity contribution in [1.82, 2.24) is 20.4 Å². The first kappa shape index (κ1) is 10.6. The van der Waals surface area contributed by atoms with Gasteiger partial charge in [0.25, 0.3) is 0 Å². The first-order valence-electron chi connectivity index (χ1n) is 4.72. The highest BCUT2D eigenvalue weighted by Gasteiger charge is 2.00. The summed E-state index contributed by atoms with van der Waals surface area (Å²) in [5, 5.41) is 9.58. The Morgan fingerprint density at radius 2 is 2.36 bits per heavy atom. The molecule has 0 aliphatic rings. The van der Waals surface area contributed by atoms with Gasteiger partial charge in [-0.05, 0) is 12.5 Å². The van der Waals surface area contributed by atoms with Crippen molar-refractivity contribution < 1.29 is 4.79 Å². The summed E-state index contributed by atoms with van der Waals surface area (Å²) in [6.07, 6.45) is 2.79. The third-order valence-electron chi connectivity index (χ3n) is 1.73. The molecule has 78 valence electrons. The van der Waals surface area contributed by atoms with Crippen LogP contribution in [-0.4, -0.2) is 22.4 Å². The number of rotatable bonds is 4. The molecular weight excluding hydrogens is 180 g/mol. The molecule has 5 nitrogen and oxygen atoms in total. The lowest BCUT2D eigenvalue weighted by atomic mass is 10.4. The van der Waals surface area contributed by atoms with Crippen LogP contribution in [0, 0.1) is 0 Å². The molecule has 1 rings (SSSR count). The van der Waals surface area contributed by atoms with E-state index in [9.17, 15) is 4.79 Å². The molecule has 0 radical (unpaired) electrons. The van der Waals surface area contributed by atoms with Crippen molar-refractivity contribution in [3.05, 3.63) is 18.0 Å². The summed E-state index contributed by atoms with van der Waals surface area (Å²) in [6.45, 7) is 3.18. The van der Waals surface area contributed by atoms with E-state index in [1.165, 1.54) is 0 Å². The van der Waals surface area contributed by atoms with E-state index < -0.39 is 0 Å². The number of hydrogen-bond donors (Lipinski definition) is 2. The second-order valence-corrected chi connectivity index (χ2v) is 3.09. The molecular formula is C9H16N4O. The topological polar surface area (TPSA) is 59.0 Å². The van der Waals surface area contributed by atoms with Crippen molar-refractivity contribution in [1.29, 1.82) is 0 Å². The van der Waals surface area contributed by atoms with Gasteiger partial charge < -0.3 is 10.6 Å². The zero-order chi connectivity index (χ0) is 10.4. The Bertz CT molecular complexity index is 295. The van der Waals surface area contributed by atoms with Gasteiger partial charge in [0, 0.05) is 19.8 Å². The zero-order valence-corrected chi connectivity index (χ0v) is 8.58. The quantitative estimate of drug-likeness (QED) is 0.742. The van der Waals surface area contributed by atoms with E-state index in [1.807, 2.05) is 26.2 Å². The zero-order valence-electron chi connectivity index (χ0n) is 8.58. The summed E-state index contributed by atoms with van der Waals surface area (Å²) in [5.74, 6) is 0. The average molecular weight is 196 g/mol. The van der Waals surface area contributed by atoms with Gasteiger partial charge in [0.1, 0.15) is 0 Å². The Kier molecular flexibility index (Phi) is 3.97. The first-order valence-corrected chi connectivity index (χ1v) is 4.72. The van der Waals surface area contributed by atoms with Gasteiger partial charge in [0.05, 0.1) is 12.2 Å². The van der Waals surface area contributed by atoms with Crippen LogP contribution in [0.3, 0.4) is 0 Å². The summed E-state index contributed by atoms with van der Waals surface area (Å²) < 4.78 is 1.71. The Morgan fingerprint density at radius 1 is 1.57 bits per heavy atom. The third kappa shape index (κ3) is 3.47. The fourth-order valence-corrected chi connectivity index (χ4v) is 1.03. The second kappa shape index (κ2) is 5.26. The van der Waals surface area contributed by atoms with E-state index in [-0.39, 0.29) is 6.03 Å². The third-order valence-corrected chi connectivity index (χ3v) is 1.73. The number of aryl methyl sites for hydroxylation is 1. The Hall–Kier alpha value is -1.52. The minimum Gasteiger partial charge on any atom is -0.338 e. The minimum atomic E-state index is -0.141. The minimum absolute atomic E-state index is 0.141. The highest BCUT2D eigenvalue weighted by molar-refractivity contribution is 5.73. The molecule has 1 heterocycles. The lowest BCUT2D eigenvalue weighted by Crippen LogP contribution is -2.35. The van der Waals surface area contributed by atoms with Gasteiger partial charge in [-0.3, -0.25) is 4.68 Å². The summed E-state index contributed by atoms with van der Waals surface area (Å²) >= 11 is 0. The Labute approximate surface area is 83.5 Å². The van der Waals surface area contributed by atoms with E-state index in [1.54, 1.807) is 4.68 Å². The molecule has 2 N–H and O–H groups in total. The average Bonchev–Trinajstić information content (AvgIpc) is 2.58. The number of nitrogens with zero attached hydrogens (tertiary/aromatic N) is 2. The van der Waals surface area contributed by atoms with Crippen LogP contribution in [0.25, 0.3) is 0 Å². The maximum Gasteiger partial charge on any atom is 0.315 e. The summed E-state index contributed by atoms with van der Waals surface area (Å²) in [7, 11) is 1.85. The normalized spacial score (nSPS) is 9.86. The van der Waals surface area contributed by atoms with Crippen LogP contribution in [0.5, 0.6) is 0 Å². The summed E-state index contributed by atoms with van der Waals surface area (Å²) in [6, 6.07) is 1.73. The van der Waals surface area contributed by atoms with Crippen LogP contribution in [0.1, 0.15) is 19.0 Å². The number of urea groups is 1. The molecule has 1 aromatic heterocycles. The van der Waals surface area contributed by atoms with Crippen LogP contribution < -0.4 is 10.6 Å². The molecule has 0 unspecified atom stereocenters. The van der Waals surface area contributed by atoms with E-state index in [0.717, 1.165) is 12.1 Å². The number of carbonyl (C=O) groups is 1. The van der Waals surface area contributed by atoms with Gasteiger partial charge in [0.15, 0.2) is 0 Å². The van der Waals surface area contributed by atoms with Gasteiger partial charge in [-0.15, -0.1) is 0 Å². The fourth-order valence-electron chi connectivity index (χ4n) is 1.03. The van der Waals surface area contributed by atoms with Crippen molar-refractivity contribution in [3.63, 3.8) is 0 Å². The van der Waals surface area contributed by atoms with Crippen LogP contribution in [0.2, 0.25) is 0 Å². The molecule has 1 aromatic rings. The highest BCUT2D eigenvalue weighted by atomic mass is 16.2. The molecule has 14 heavy (non-hydrogen) atoms. The summed E-state index contributed by atoms with van der Waals surface area (Å²) in [4.78, 5) is 11.1. The molecule has 2 amide bonds. The molecule has 5 heteroatoms. The maximum atomic E-state index is 11.1. The standard InChI is InChI=1S/C9H16N4O/c1-3-5-10-9(14)11-7-8-4-6-13(2)12-8/h4,6H,3,5,7H2,1-2H3,(H2,10,11,14). The van der Waals surface area contributed by atoms with Crippen molar-refractivity contribution >= 4 is 6.03 Å². The number of hydrogen-bond acceptors (Lipinski definition) is 2. The second-order valence-electron chi connectivity index (χ2n) is 3.09. The van der Waals surface area contributed by atoms with E-state index >= 15 is 0 Å². The van der Waals surface area contributed by atoms with Crippen molar-refractivity contribution in [2.24, 2.45) is 7.05 Å². The summed E-state index contributed by atoms with van der Waals surface area (Å²) in [5.41, 5.74) is 0.860. The molecule has 0 aliphatic carbocycles. The van der Waals surface area contributed by atoms with Gasteiger partial charge >= 0.3 is 6.03 Å².